The molecule has 1 saturated heterocycles. The summed E-state index contributed by atoms with van der Waals surface area (Å²) < 4.78 is 6.41. The monoisotopic (exact) mass is 423 g/mol. The van der Waals surface area contributed by atoms with Gasteiger partial charge in [0.2, 0.25) is 0 Å². The summed E-state index contributed by atoms with van der Waals surface area (Å²) in [5.41, 5.74) is 2.65. The van der Waals surface area contributed by atoms with Gasteiger partial charge in [-0.3, -0.25) is 4.79 Å². The molecule has 2 heterocycles. The van der Waals surface area contributed by atoms with Gasteiger partial charge in [0.1, 0.15) is 5.01 Å². The molecule has 0 saturated carbocycles. The van der Waals surface area contributed by atoms with Crippen LogP contribution in [0.15, 0.2) is 48.5 Å². The zero-order chi connectivity index (χ0) is 20.9. The molecule has 4 rings (SSSR count). The Morgan fingerprint density at radius 2 is 1.70 bits per heavy atom. The molecule has 1 aliphatic rings. The fraction of sp³-hybridized carbons (Fsp3) is 0.348. The number of thiazole rings is 1. The van der Waals surface area contributed by atoms with E-state index in [1.807, 2.05) is 42.5 Å². The first-order valence-corrected chi connectivity index (χ1v) is 11.1. The van der Waals surface area contributed by atoms with Crippen LogP contribution in [0.4, 0.5) is 4.79 Å². The lowest BCUT2D eigenvalue weighted by molar-refractivity contribution is 0.0557. The summed E-state index contributed by atoms with van der Waals surface area (Å²) in [5.74, 6) is -0.00940. The van der Waals surface area contributed by atoms with E-state index in [1.165, 1.54) is 0 Å². The van der Waals surface area contributed by atoms with Crippen molar-refractivity contribution < 1.29 is 14.3 Å². The smallest absolute Gasteiger partial charge is 0.409 e. The van der Waals surface area contributed by atoms with E-state index in [0.717, 1.165) is 33.6 Å². The second-order valence-electron chi connectivity index (χ2n) is 7.31. The van der Waals surface area contributed by atoms with Crippen LogP contribution in [0.5, 0.6) is 0 Å². The lowest BCUT2D eigenvalue weighted by atomic mass is 10.1. The van der Waals surface area contributed by atoms with Gasteiger partial charge < -0.3 is 14.5 Å². The average Bonchev–Trinajstić information content (AvgIpc) is 3.23. The van der Waals surface area contributed by atoms with Gasteiger partial charge in [0.25, 0.3) is 5.91 Å². The minimum atomic E-state index is -0.282. The zero-order valence-electron chi connectivity index (χ0n) is 17.0. The van der Waals surface area contributed by atoms with Crippen LogP contribution in [0.25, 0.3) is 20.8 Å². The SMILES string of the molecule is CCCCOC(=O)N1CCN(C(=O)c2ccc(-c3nc4ccccc4s3)cc2)CC1. The van der Waals surface area contributed by atoms with Crippen LogP contribution < -0.4 is 0 Å². The summed E-state index contributed by atoms with van der Waals surface area (Å²) in [6.45, 7) is 4.54. The molecule has 6 nitrogen and oxygen atoms in total. The van der Waals surface area contributed by atoms with E-state index in [4.69, 9.17) is 4.74 Å². The number of benzene rings is 2. The maximum Gasteiger partial charge on any atom is 0.409 e. The molecule has 7 heteroatoms. The molecule has 0 atom stereocenters. The van der Waals surface area contributed by atoms with Crippen molar-refractivity contribution in [3.05, 3.63) is 54.1 Å². The number of aromatic nitrogens is 1. The Kier molecular flexibility index (Phi) is 6.28. The van der Waals surface area contributed by atoms with Crippen molar-refractivity contribution in [1.29, 1.82) is 0 Å². The normalized spacial score (nSPS) is 14.2. The van der Waals surface area contributed by atoms with E-state index in [1.54, 1.807) is 21.1 Å². The first kappa shape index (κ1) is 20.3. The van der Waals surface area contributed by atoms with Crippen LogP contribution in [0.2, 0.25) is 0 Å². The summed E-state index contributed by atoms with van der Waals surface area (Å²) >= 11 is 1.65. The van der Waals surface area contributed by atoms with Crippen molar-refractivity contribution in [3.8, 4) is 10.6 Å². The van der Waals surface area contributed by atoms with Crippen LogP contribution in [0.1, 0.15) is 30.1 Å². The molecule has 1 aromatic heterocycles. The lowest BCUT2D eigenvalue weighted by Crippen LogP contribution is -2.50. The molecule has 30 heavy (non-hydrogen) atoms. The van der Waals surface area contributed by atoms with E-state index < -0.39 is 0 Å². The predicted molar refractivity (Wildman–Crippen MR) is 119 cm³/mol. The Labute approximate surface area is 180 Å². The average molecular weight is 424 g/mol. The van der Waals surface area contributed by atoms with Crippen molar-refractivity contribution in [3.63, 3.8) is 0 Å². The van der Waals surface area contributed by atoms with E-state index in [0.29, 0.717) is 38.3 Å². The topological polar surface area (TPSA) is 62.7 Å². The molecule has 156 valence electrons. The van der Waals surface area contributed by atoms with E-state index >= 15 is 0 Å². The van der Waals surface area contributed by atoms with E-state index in [2.05, 4.69) is 18.0 Å². The lowest BCUT2D eigenvalue weighted by Gasteiger charge is -2.34. The molecule has 1 fully saturated rings. The highest BCUT2D eigenvalue weighted by Crippen LogP contribution is 2.30. The zero-order valence-corrected chi connectivity index (χ0v) is 17.9. The molecule has 0 N–H and O–H groups in total. The van der Waals surface area contributed by atoms with Gasteiger partial charge in [-0.25, -0.2) is 9.78 Å². The number of nitrogens with zero attached hydrogens (tertiary/aromatic N) is 3. The predicted octanol–water partition coefficient (Wildman–Crippen LogP) is 4.66. The van der Waals surface area contributed by atoms with Crippen LogP contribution in [0, 0.1) is 0 Å². The van der Waals surface area contributed by atoms with Gasteiger partial charge in [0, 0.05) is 37.3 Å². The van der Waals surface area contributed by atoms with Crippen LogP contribution in [0.3, 0.4) is 0 Å². The Morgan fingerprint density at radius 3 is 2.40 bits per heavy atom. The highest BCUT2D eigenvalue weighted by molar-refractivity contribution is 7.21. The molecular formula is C23H25N3O3S. The highest BCUT2D eigenvalue weighted by atomic mass is 32.1. The Morgan fingerprint density at radius 1 is 1.00 bits per heavy atom. The molecule has 2 aromatic carbocycles. The molecule has 0 spiro atoms. The second kappa shape index (κ2) is 9.26. The molecular weight excluding hydrogens is 398 g/mol. The molecule has 0 radical (unpaired) electrons. The van der Waals surface area contributed by atoms with Crippen LogP contribution in [-0.4, -0.2) is 59.6 Å². The van der Waals surface area contributed by atoms with Gasteiger partial charge in [-0.2, -0.15) is 0 Å². The molecule has 3 aromatic rings. The van der Waals surface area contributed by atoms with Gasteiger partial charge in [-0.1, -0.05) is 37.6 Å². The summed E-state index contributed by atoms with van der Waals surface area (Å²) in [7, 11) is 0. The minimum absolute atomic E-state index is 0.00940. The number of piperazine rings is 1. The molecule has 1 aliphatic heterocycles. The van der Waals surface area contributed by atoms with Gasteiger partial charge in [-0.05, 0) is 30.7 Å². The van der Waals surface area contributed by atoms with Crippen LogP contribution >= 0.6 is 11.3 Å². The molecule has 0 aliphatic carbocycles. The third-order valence-electron chi connectivity index (χ3n) is 5.22. The van der Waals surface area contributed by atoms with Gasteiger partial charge in [0.05, 0.1) is 16.8 Å². The summed E-state index contributed by atoms with van der Waals surface area (Å²) in [6.07, 6.45) is 1.58. The number of hydrogen-bond acceptors (Lipinski definition) is 5. The second-order valence-corrected chi connectivity index (χ2v) is 8.34. The number of carbonyl (C=O) groups is 2. The Hall–Kier alpha value is -2.93. The Balaban J connectivity index is 1.36. The number of unbranched alkanes of at least 4 members (excludes halogenated alkanes) is 1. The molecule has 2 amide bonds. The fourth-order valence-electron chi connectivity index (χ4n) is 3.42. The number of para-hydroxylation sites is 1. The number of rotatable bonds is 5. The van der Waals surface area contributed by atoms with Crippen molar-refractivity contribution in [2.75, 3.05) is 32.8 Å². The molecule has 0 unspecified atom stereocenters. The first-order valence-electron chi connectivity index (χ1n) is 10.3. The Bertz CT molecular complexity index is 991. The van der Waals surface area contributed by atoms with Crippen LogP contribution in [-0.2, 0) is 4.74 Å². The van der Waals surface area contributed by atoms with E-state index in [9.17, 15) is 9.59 Å². The largest absolute Gasteiger partial charge is 0.449 e. The van der Waals surface area contributed by atoms with Gasteiger partial charge >= 0.3 is 6.09 Å². The first-order chi connectivity index (χ1) is 14.7. The number of fused-ring (bicyclic) bond motifs is 1. The number of hydrogen-bond donors (Lipinski definition) is 0. The van der Waals surface area contributed by atoms with Crippen molar-refractivity contribution in [2.45, 2.75) is 19.8 Å². The summed E-state index contributed by atoms with van der Waals surface area (Å²) in [6, 6.07) is 15.7. The third-order valence-corrected chi connectivity index (χ3v) is 6.31. The highest BCUT2D eigenvalue weighted by Gasteiger charge is 2.25. The maximum atomic E-state index is 12.9. The number of amides is 2. The maximum absolute atomic E-state index is 12.9. The quantitative estimate of drug-likeness (QED) is 0.560. The number of carbonyl (C=O) groups excluding carboxylic acids is 2. The number of ether oxygens (including phenoxy) is 1. The van der Waals surface area contributed by atoms with Gasteiger partial charge in [0.15, 0.2) is 0 Å². The minimum Gasteiger partial charge on any atom is -0.449 e. The standard InChI is InChI=1S/C23H25N3O3S/c1-2-3-16-29-23(28)26-14-12-25(13-15-26)22(27)18-10-8-17(9-11-18)21-24-19-6-4-5-7-20(19)30-21/h4-11H,2-3,12-16H2,1H3. The summed E-state index contributed by atoms with van der Waals surface area (Å²) in [5, 5.41) is 0.949. The van der Waals surface area contributed by atoms with Crippen molar-refractivity contribution in [1.82, 2.24) is 14.8 Å². The molecule has 0 bridgehead atoms. The fourth-order valence-corrected chi connectivity index (χ4v) is 4.39. The summed E-state index contributed by atoms with van der Waals surface area (Å²) in [4.78, 5) is 33.0. The van der Waals surface area contributed by atoms with E-state index in [-0.39, 0.29) is 12.0 Å². The van der Waals surface area contributed by atoms with Crippen molar-refractivity contribution >= 4 is 33.6 Å². The third kappa shape index (κ3) is 4.46. The van der Waals surface area contributed by atoms with Crippen molar-refractivity contribution in [2.24, 2.45) is 0 Å². The van der Waals surface area contributed by atoms with Gasteiger partial charge in [-0.15, -0.1) is 11.3 Å².